The zero-order valence-corrected chi connectivity index (χ0v) is 9.32. The molecule has 4 nitrogen and oxygen atoms in total. The van der Waals surface area contributed by atoms with Crippen molar-refractivity contribution in [1.82, 2.24) is 4.98 Å². The number of hydrogen-bond donors (Lipinski definition) is 2. The van der Waals surface area contributed by atoms with E-state index in [1.165, 1.54) is 0 Å². The third-order valence-corrected chi connectivity index (χ3v) is 2.46. The fourth-order valence-electron chi connectivity index (χ4n) is 1.37. The van der Waals surface area contributed by atoms with Crippen LogP contribution in [0.5, 0.6) is 0 Å². The van der Waals surface area contributed by atoms with Crippen LogP contribution < -0.4 is 11.5 Å². The number of nitrogen functional groups attached to an aromatic ring is 1. The molecule has 0 aliphatic rings. The Morgan fingerprint density at radius 2 is 2.07 bits per heavy atom. The van der Waals surface area contributed by atoms with Gasteiger partial charge in [0.2, 0.25) is 0 Å². The van der Waals surface area contributed by atoms with Crippen molar-refractivity contribution in [3.63, 3.8) is 0 Å². The van der Waals surface area contributed by atoms with Crippen LogP contribution in [-0.4, -0.2) is 16.8 Å². The molecule has 0 fully saturated rings. The minimum absolute atomic E-state index is 0.0940. The van der Waals surface area contributed by atoms with Crippen LogP contribution in [-0.2, 0) is 0 Å². The van der Waals surface area contributed by atoms with E-state index in [1.807, 2.05) is 20.8 Å². The normalized spacial score (nSPS) is 12.9. The van der Waals surface area contributed by atoms with Crippen molar-refractivity contribution in [2.75, 3.05) is 5.73 Å². The van der Waals surface area contributed by atoms with Gasteiger partial charge in [-0.1, -0.05) is 13.8 Å². The van der Waals surface area contributed by atoms with Gasteiger partial charge in [0.15, 0.2) is 5.78 Å². The number of anilines is 1. The summed E-state index contributed by atoms with van der Waals surface area (Å²) in [7, 11) is 0. The minimum Gasteiger partial charge on any atom is -0.383 e. The fraction of sp³-hybridized carbons (Fsp3) is 0.455. The van der Waals surface area contributed by atoms with E-state index in [2.05, 4.69) is 4.98 Å². The van der Waals surface area contributed by atoms with Gasteiger partial charge in [-0.3, -0.25) is 4.79 Å². The average molecular weight is 207 g/mol. The van der Waals surface area contributed by atoms with Crippen LogP contribution >= 0.6 is 0 Å². The summed E-state index contributed by atoms with van der Waals surface area (Å²) >= 11 is 0. The zero-order valence-electron chi connectivity index (χ0n) is 9.32. The monoisotopic (exact) mass is 207 g/mol. The highest BCUT2D eigenvalue weighted by molar-refractivity contribution is 6.04. The number of rotatable bonds is 3. The second-order valence-electron chi connectivity index (χ2n) is 4.02. The number of aromatic nitrogens is 1. The molecule has 4 heteroatoms. The van der Waals surface area contributed by atoms with Crippen LogP contribution in [0.2, 0.25) is 0 Å². The molecule has 0 bridgehead atoms. The fourth-order valence-corrected chi connectivity index (χ4v) is 1.37. The molecule has 0 aliphatic heterocycles. The number of aryl methyl sites for hydroxylation is 1. The van der Waals surface area contributed by atoms with Crippen LogP contribution in [0.15, 0.2) is 12.3 Å². The average Bonchev–Trinajstić information content (AvgIpc) is 2.15. The van der Waals surface area contributed by atoms with E-state index in [4.69, 9.17) is 11.5 Å². The van der Waals surface area contributed by atoms with Gasteiger partial charge < -0.3 is 11.5 Å². The highest BCUT2D eigenvalue weighted by atomic mass is 16.1. The second kappa shape index (κ2) is 4.40. The first-order valence-electron chi connectivity index (χ1n) is 4.96. The predicted octanol–water partition coefficient (Wildman–Crippen LogP) is 1.14. The third kappa shape index (κ3) is 2.33. The highest BCUT2D eigenvalue weighted by Crippen LogP contribution is 2.17. The van der Waals surface area contributed by atoms with Crippen molar-refractivity contribution in [3.8, 4) is 0 Å². The Bertz CT molecular complexity index is 354. The summed E-state index contributed by atoms with van der Waals surface area (Å²) in [5.41, 5.74) is 12.7. The molecule has 1 aromatic heterocycles. The van der Waals surface area contributed by atoms with Crippen molar-refractivity contribution in [2.45, 2.75) is 26.8 Å². The van der Waals surface area contributed by atoms with Gasteiger partial charge in [0.05, 0.1) is 11.6 Å². The lowest BCUT2D eigenvalue weighted by Crippen LogP contribution is -2.36. The van der Waals surface area contributed by atoms with E-state index in [-0.39, 0.29) is 17.5 Å². The molecule has 0 saturated heterocycles. The summed E-state index contributed by atoms with van der Waals surface area (Å²) in [6, 6.07) is 1.24. The van der Waals surface area contributed by atoms with Gasteiger partial charge in [0, 0.05) is 6.20 Å². The first kappa shape index (κ1) is 11.7. The standard InChI is InChI=1S/C11H17N3O/c1-6(2)9(12)10(15)8-7(3)4-5-14-11(8)13/h4-6,9H,12H2,1-3H3,(H2,13,14). The largest absolute Gasteiger partial charge is 0.383 e. The highest BCUT2D eigenvalue weighted by Gasteiger charge is 2.22. The molecule has 1 unspecified atom stereocenters. The number of nitrogens with zero attached hydrogens (tertiary/aromatic N) is 1. The molecule has 0 aliphatic carbocycles. The molecule has 0 aromatic carbocycles. The number of nitrogens with two attached hydrogens (primary N) is 2. The molecular formula is C11H17N3O. The molecule has 0 spiro atoms. The maximum absolute atomic E-state index is 12.0. The Labute approximate surface area is 89.7 Å². The van der Waals surface area contributed by atoms with Crippen molar-refractivity contribution in [2.24, 2.45) is 11.7 Å². The summed E-state index contributed by atoms with van der Waals surface area (Å²) < 4.78 is 0. The Balaban J connectivity index is 3.11. The van der Waals surface area contributed by atoms with Crippen LogP contribution in [0.3, 0.4) is 0 Å². The van der Waals surface area contributed by atoms with Gasteiger partial charge in [-0.05, 0) is 24.5 Å². The van der Waals surface area contributed by atoms with Crippen LogP contribution in [0.4, 0.5) is 5.82 Å². The zero-order chi connectivity index (χ0) is 11.6. The van der Waals surface area contributed by atoms with Crippen LogP contribution in [0.1, 0.15) is 29.8 Å². The van der Waals surface area contributed by atoms with E-state index in [9.17, 15) is 4.79 Å². The predicted molar refractivity (Wildman–Crippen MR) is 60.5 cm³/mol. The summed E-state index contributed by atoms with van der Waals surface area (Å²) in [6.45, 7) is 5.65. The number of ketones is 1. The first-order chi connectivity index (χ1) is 6.95. The van der Waals surface area contributed by atoms with Gasteiger partial charge in [-0.25, -0.2) is 4.98 Å². The molecule has 1 aromatic rings. The summed E-state index contributed by atoms with van der Waals surface area (Å²) in [5.74, 6) is 0.223. The van der Waals surface area contributed by atoms with Gasteiger partial charge >= 0.3 is 0 Å². The Kier molecular flexibility index (Phi) is 3.42. The molecule has 15 heavy (non-hydrogen) atoms. The van der Waals surface area contributed by atoms with Gasteiger partial charge in [0.1, 0.15) is 5.82 Å². The molecule has 1 heterocycles. The molecule has 0 saturated carbocycles. The topological polar surface area (TPSA) is 82.0 Å². The van der Waals surface area contributed by atoms with E-state index in [1.54, 1.807) is 12.3 Å². The van der Waals surface area contributed by atoms with Gasteiger partial charge in [0.25, 0.3) is 0 Å². The molecular weight excluding hydrogens is 190 g/mol. The third-order valence-electron chi connectivity index (χ3n) is 2.46. The maximum Gasteiger partial charge on any atom is 0.183 e. The Morgan fingerprint density at radius 1 is 1.47 bits per heavy atom. The molecule has 0 radical (unpaired) electrons. The van der Waals surface area contributed by atoms with E-state index < -0.39 is 6.04 Å². The van der Waals surface area contributed by atoms with Gasteiger partial charge in [-0.15, -0.1) is 0 Å². The Morgan fingerprint density at radius 3 is 2.53 bits per heavy atom. The smallest absolute Gasteiger partial charge is 0.183 e. The van der Waals surface area contributed by atoms with E-state index in [0.717, 1.165) is 5.56 Å². The number of hydrogen-bond acceptors (Lipinski definition) is 4. The molecule has 4 N–H and O–H groups in total. The lowest BCUT2D eigenvalue weighted by molar-refractivity contribution is 0.0940. The number of pyridine rings is 1. The first-order valence-corrected chi connectivity index (χ1v) is 4.96. The lowest BCUT2D eigenvalue weighted by atomic mass is 9.94. The number of carbonyl (C=O) groups excluding carboxylic acids is 1. The minimum atomic E-state index is -0.518. The summed E-state index contributed by atoms with van der Waals surface area (Å²) in [5, 5.41) is 0. The van der Waals surface area contributed by atoms with E-state index in [0.29, 0.717) is 5.56 Å². The maximum atomic E-state index is 12.0. The summed E-state index contributed by atoms with van der Waals surface area (Å²) in [4.78, 5) is 15.9. The lowest BCUT2D eigenvalue weighted by Gasteiger charge is -2.16. The van der Waals surface area contributed by atoms with Crippen LogP contribution in [0.25, 0.3) is 0 Å². The Hall–Kier alpha value is -1.42. The molecule has 1 atom stereocenters. The van der Waals surface area contributed by atoms with Crippen molar-refractivity contribution < 1.29 is 4.79 Å². The quantitative estimate of drug-likeness (QED) is 0.728. The number of Topliss-reactive ketones (excluding diaryl/α,β-unsaturated/α-hetero) is 1. The number of carbonyl (C=O) groups is 1. The molecule has 82 valence electrons. The van der Waals surface area contributed by atoms with Crippen molar-refractivity contribution in [1.29, 1.82) is 0 Å². The van der Waals surface area contributed by atoms with Crippen molar-refractivity contribution in [3.05, 3.63) is 23.4 Å². The van der Waals surface area contributed by atoms with Crippen LogP contribution in [0, 0.1) is 12.8 Å². The van der Waals surface area contributed by atoms with E-state index >= 15 is 0 Å². The molecule has 0 amide bonds. The summed E-state index contributed by atoms with van der Waals surface area (Å²) in [6.07, 6.45) is 1.59. The molecule has 1 rings (SSSR count). The second-order valence-corrected chi connectivity index (χ2v) is 4.02. The SMILES string of the molecule is Cc1ccnc(N)c1C(=O)C(N)C(C)C. The van der Waals surface area contributed by atoms with Crippen molar-refractivity contribution >= 4 is 11.6 Å². The van der Waals surface area contributed by atoms with Gasteiger partial charge in [-0.2, -0.15) is 0 Å².